The summed E-state index contributed by atoms with van der Waals surface area (Å²) in [5, 5.41) is 0. The van der Waals surface area contributed by atoms with E-state index in [4.69, 9.17) is 5.73 Å². The number of rotatable bonds is 4. The van der Waals surface area contributed by atoms with Crippen LogP contribution in [0.2, 0.25) is 0 Å². The summed E-state index contributed by atoms with van der Waals surface area (Å²) in [4.78, 5) is 6.64. The van der Waals surface area contributed by atoms with Gasteiger partial charge in [0.05, 0.1) is 5.69 Å². The maximum absolute atomic E-state index is 5.52. The number of anilines is 1. The molecule has 0 unspecified atom stereocenters. The molecule has 3 nitrogen and oxygen atoms in total. The Morgan fingerprint density at radius 1 is 1.31 bits per heavy atom. The number of pyridine rings is 1. The van der Waals surface area contributed by atoms with Crippen molar-refractivity contribution in [1.82, 2.24) is 4.98 Å². The minimum atomic E-state index is 0.509. The molecule has 1 rings (SSSR count). The molecule has 0 fully saturated rings. The van der Waals surface area contributed by atoms with Gasteiger partial charge in [0.2, 0.25) is 0 Å². The monoisotopic (exact) mass is 179 g/mol. The third-order valence-corrected chi connectivity index (χ3v) is 2.09. The van der Waals surface area contributed by atoms with Crippen molar-refractivity contribution in [3.8, 4) is 0 Å². The molecule has 0 saturated carbocycles. The maximum Gasteiger partial charge on any atom is 0.128 e. The molecule has 0 aliphatic carbocycles. The third kappa shape index (κ3) is 2.42. The zero-order valence-corrected chi connectivity index (χ0v) is 8.33. The summed E-state index contributed by atoms with van der Waals surface area (Å²) in [6.07, 6.45) is 0. The highest BCUT2D eigenvalue weighted by atomic mass is 15.2. The Morgan fingerprint density at radius 2 is 2.00 bits per heavy atom. The Morgan fingerprint density at radius 3 is 2.54 bits per heavy atom. The van der Waals surface area contributed by atoms with E-state index < -0.39 is 0 Å². The van der Waals surface area contributed by atoms with Crippen molar-refractivity contribution in [3.63, 3.8) is 0 Å². The Labute approximate surface area is 79.6 Å². The Kier molecular flexibility index (Phi) is 3.71. The SMILES string of the molecule is CCN(CC)c1cccc(CN)n1. The molecule has 0 spiro atoms. The minimum absolute atomic E-state index is 0.509. The van der Waals surface area contributed by atoms with E-state index in [1.54, 1.807) is 0 Å². The predicted octanol–water partition coefficient (Wildman–Crippen LogP) is 1.39. The Bertz CT molecular complexity index is 256. The highest BCUT2D eigenvalue weighted by Gasteiger charge is 2.02. The average molecular weight is 179 g/mol. The second-order valence-electron chi connectivity index (χ2n) is 2.86. The van der Waals surface area contributed by atoms with E-state index >= 15 is 0 Å². The third-order valence-electron chi connectivity index (χ3n) is 2.09. The molecule has 0 bridgehead atoms. The van der Waals surface area contributed by atoms with Crippen molar-refractivity contribution in [1.29, 1.82) is 0 Å². The molecule has 0 saturated heterocycles. The van der Waals surface area contributed by atoms with E-state index in [1.165, 1.54) is 0 Å². The second kappa shape index (κ2) is 4.82. The number of aromatic nitrogens is 1. The fourth-order valence-corrected chi connectivity index (χ4v) is 1.30. The molecule has 3 heteroatoms. The van der Waals surface area contributed by atoms with Crippen molar-refractivity contribution >= 4 is 5.82 Å². The number of hydrogen-bond acceptors (Lipinski definition) is 3. The molecule has 1 aromatic rings. The first-order chi connectivity index (χ1) is 6.31. The van der Waals surface area contributed by atoms with Gasteiger partial charge in [0.15, 0.2) is 0 Å². The zero-order chi connectivity index (χ0) is 9.68. The van der Waals surface area contributed by atoms with Gasteiger partial charge in [0.25, 0.3) is 0 Å². The average Bonchev–Trinajstić information content (AvgIpc) is 2.20. The quantitative estimate of drug-likeness (QED) is 0.759. The van der Waals surface area contributed by atoms with E-state index in [0.29, 0.717) is 6.54 Å². The molecule has 0 aliphatic rings. The van der Waals surface area contributed by atoms with Crippen LogP contribution in [0.25, 0.3) is 0 Å². The van der Waals surface area contributed by atoms with Gasteiger partial charge in [-0.2, -0.15) is 0 Å². The molecule has 0 aliphatic heterocycles. The van der Waals surface area contributed by atoms with Crippen molar-refractivity contribution < 1.29 is 0 Å². The van der Waals surface area contributed by atoms with Gasteiger partial charge in [-0.1, -0.05) is 6.07 Å². The lowest BCUT2D eigenvalue weighted by Gasteiger charge is -2.19. The predicted molar refractivity (Wildman–Crippen MR) is 55.7 cm³/mol. The first kappa shape index (κ1) is 9.99. The smallest absolute Gasteiger partial charge is 0.128 e. The molecular formula is C10H17N3. The molecular weight excluding hydrogens is 162 g/mol. The van der Waals surface area contributed by atoms with Crippen LogP contribution in [0.5, 0.6) is 0 Å². The van der Waals surface area contributed by atoms with Gasteiger partial charge >= 0.3 is 0 Å². The van der Waals surface area contributed by atoms with Crippen LogP contribution in [-0.2, 0) is 6.54 Å². The lowest BCUT2D eigenvalue weighted by molar-refractivity contribution is 0.834. The van der Waals surface area contributed by atoms with Gasteiger partial charge in [-0.25, -0.2) is 4.98 Å². The van der Waals surface area contributed by atoms with Crippen LogP contribution in [0.3, 0.4) is 0 Å². The van der Waals surface area contributed by atoms with Crippen LogP contribution in [0.1, 0.15) is 19.5 Å². The van der Waals surface area contributed by atoms with Crippen molar-refractivity contribution in [2.24, 2.45) is 5.73 Å². The lowest BCUT2D eigenvalue weighted by atomic mass is 10.3. The summed E-state index contributed by atoms with van der Waals surface area (Å²) in [6.45, 7) is 6.73. The summed E-state index contributed by atoms with van der Waals surface area (Å²) in [6, 6.07) is 5.97. The molecule has 2 N–H and O–H groups in total. The van der Waals surface area contributed by atoms with E-state index in [1.807, 2.05) is 18.2 Å². The molecule has 1 heterocycles. The summed E-state index contributed by atoms with van der Waals surface area (Å²) >= 11 is 0. The van der Waals surface area contributed by atoms with Gasteiger partial charge in [0, 0.05) is 19.6 Å². The van der Waals surface area contributed by atoms with Gasteiger partial charge in [-0.3, -0.25) is 0 Å². The first-order valence-corrected chi connectivity index (χ1v) is 4.72. The second-order valence-corrected chi connectivity index (χ2v) is 2.86. The highest BCUT2D eigenvalue weighted by Crippen LogP contribution is 2.10. The number of nitrogens with zero attached hydrogens (tertiary/aromatic N) is 2. The van der Waals surface area contributed by atoms with E-state index in [2.05, 4.69) is 23.7 Å². The number of nitrogens with two attached hydrogens (primary N) is 1. The standard InChI is InChI=1S/C10H17N3/c1-3-13(4-2)10-7-5-6-9(8-11)12-10/h5-7H,3-4,8,11H2,1-2H3. The highest BCUT2D eigenvalue weighted by molar-refractivity contribution is 5.38. The molecule has 1 aromatic heterocycles. The van der Waals surface area contributed by atoms with E-state index in [-0.39, 0.29) is 0 Å². The molecule has 0 aromatic carbocycles. The van der Waals surface area contributed by atoms with E-state index in [0.717, 1.165) is 24.6 Å². The number of hydrogen-bond donors (Lipinski definition) is 1. The van der Waals surface area contributed by atoms with Gasteiger partial charge < -0.3 is 10.6 Å². The lowest BCUT2D eigenvalue weighted by Crippen LogP contribution is -2.23. The minimum Gasteiger partial charge on any atom is -0.357 e. The van der Waals surface area contributed by atoms with Crippen LogP contribution in [0.4, 0.5) is 5.82 Å². The zero-order valence-electron chi connectivity index (χ0n) is 8.33. The van der Waals surface area contributed by atoms with Gasteiger partial charge in [0.1, 0.15) is 5.82 Å². The maximum atomic E-state index is 5.52. The normalized spacial score (nSPS) is 10.1. The molecule has 0 amide bonds. The van der Waals surface area contributed by atoms with Gasteiger partial charge in [-0.15, -0.1) is 0 Å². The van der Waals surface area contributed by atoms with E-state index in [9.17, 15) is 0 Å². The van der Waals surface area contributed by atoms with Crippen LogP contribution < -0.4 is 10.6 Å². The molecule has 72 valence electrons. The largest absolute Gasteiger partial charge is 0.357 e. The topological polar surface area (TPSA) is 42.1 Å². The molecule has 0 radical (unpaired) electrons. The van der Waals surface area contributed by atoms with Crippen molar-refractivity contribution in [2.45, 2.75) is 20.4 Å². The van der Waals surface area contributed by atoms with Crippen molar-refractivity contribution in [3.05, 3.63) is 23.9 Å². The van der Waals surface area contributed by atoms with Crippen LogP contribution in [0.15, 0.2) is 18.2 Å². The fraction of sp³-hybridized carbons (Fsp3) is 0.500. The molecule has 13 heavy (non-hydrogen) atoms. The summed E-state index contributed by atoms with van der Waals surface area (Å²) in [7, 11) is 0. The van der Waals surface area contributed by atoms with Gasteiger partial charge in [-0.05, 0) is 26.0 Å². The van der Waals surface area contributed by atoms with Crippen LogP contribution in [0, 0.1) is 0 Å². The fourth-order valence-electron chi connectivity index (χ4n) is 1.30. The van der Waals surface area contributed by atoms with Crippen molar-refractivity contribution in [2.75, 3.05) is 18.0 Å². The Hall–Kier alpha value is -1.09. The van der Waals surface area contributed by atoms with Crippen LogP contribution >= 0.6 is 0 Å². The summed E-state index contributed by atoms with van der Waals surface area (Å²) < 4.78 is 0. The summed E-state index contributed by atoms with van der Waals surface area (Å²) in [5.74, 6) is 1.02. The first-order valence-electron chi connectivity index (χ1n) is 4.72. The Balaban J connectivity index is 2.86. The summed E-state index contributed by atoms with van der Waals surface area (Å²) in [5.41, 5.74) is 6.47. The molecule has 0 atom stereocenters. The van der Waals surface area contributed by atoms with Crippen LogP contribution in [-0.4, -0.2) is 18.1 Å².